The second kappa shape index (κ2) is 10.4. The number of halogens is 1. The van der Waals surface area contributed by atoms with Crippen LogP contribution in [0.5, 0.6) is 5.75 Å². The monoisotopic (exact) mass is 426 g/mol. The summed E-state index contributed by atoms with van der Waals surface area (Å²) in [5.41, 5.74) is 0.794. The number of benzene rings is 2. The van der Waals surface area contributed by atoms with Gasteiger partial charge in [0.15, 0.2) is 0 Å². The van der Waals surface area contributed by atoms with Crippen LogP contribution in [0.3, 0.4) is 0 Å². The molecule has 0 aliphatic rings. The predicted octanol–water partition coefficient (Wildman–Crippen LogP) is 4.31. The average molecular weight is 426 g/mol. The molecule has 3 rings (SSSR count). The van der Waals surface area contributed by atoms with E-state index in [1.54, 1.807) is 24.3 Å². The van der Waals surface area contributed by atoms with Crippen molar-refractivity contribution < 1.29 is 18.3 Å². The molecule has 0 fully saturated rings. The van der Waals surface area contributed by atoms with Crippen molar-refractivity contribution in [1.82, 2.24) is 10.2 Å². The van der Waals surface area contributed by atoms with Crippen LogP contribution in [-0.4, -0.2) is 35.0 Å². The zero-order chi connectivity index (χ0) is 21.3. The number of aromatic nitrogens is 2. The largest absolute Gasteiger partial charge is 0.493 e. The molecule has 1 amide bonds. The lowest BCUT2D eigenvalue weighted by Gasteiger charge is -2.21. The number of rotatable bonds is 9. The number of para-hydroxylation sites is 2. The van der Waals surface area contributed by atoms with Crippen LogP contribution in [0.2, 0.25) is 0 Å². The molecule has 154 valence electrons. The number of nitrogens with zero attached hydrogens (tertiary/aromatic N) is 4. The molecule has 0 spiro atoms. The van der Waals surface area contributed by atoms with E-state index in [1.165, 1.54) is 17.0 Å². The number of hydrogen-bond acceptors (Lipinski definition) is 7. The normalized spacial score (nSPS) is 10.4. The van der Waals surface area contributed by atoms with E-state index in [4.69, 9.17) is 14.4 Å². The molecule has 1 heterocycles. The molecule has 1 aromatic heterocycles. The van der Waals surface area contributed by atoms with E-state index >= 15 is 0 Å². The van der Waals surface area contributed by atoms with Gasteiger partial charge in [0.1, 0.15) is 11.6 Å². The van der Waals surface area contributed by atoms with Crippen molar-refractivity contribution in [2.45, 2.75) is 18.6 Å². The number of anilines is 1. The van der Waals surface area contributed by atoms with E-state index in [0.29, 0.717) is 17.9 Å². The Hall–Kier alpha value is -3.38. The Morgan fingerprint density at radius 3 is 2.77 bits per heavy atom. The first kappa shape index (κ1) is 21.3. The number of ether oxygens (including phenoxy) is 1. The maximum Gasteiger partial charge on any atom is 0.277 e. The van der Waals surface area contributed by atoms with Crippen molar-refractivity contribution in [3.05, 3.63) is 54.3 Å². The summed E-state index contributed by atoms with van der Waals surface area (Å²) in [6.45, 7) is 2.47. The SMILES string of the molecule is CCOc1ccccc1-c1nnc(SCC(=O)N(CCC#N)c2ccccc2F)o1. The number of amides is 1. The molecular weight excluding hydrogens is 407 g/mol. The summed E-state index contributed by atoms with van der Waals surface area (Å²) in [6.07, 6.45) is 0.0870. The number of nitriles is 1. The van der Waals surface area contributed by atoms with Crippen molar-refractivity contribution in [3.63, 3.8) is 0 Å². The van der Waals surface area contributed by atoms with E-state index in [9.17, 15) is 9.18 Å². The lowest BCUT2D eigenvalue weighted by Crippen LogP contribution is -2.34. The third kappa shape index (κ3) is 5.15. The summed E-state index contributed by atoms with van der Waals surface area (Å²) < 4.78 is 25.4. The maximum atomic E-state index is 14.1. The smallest absolute Gasteiger partial charge is 0.277 e. The van der Waals surface area contributed by atoms with Crippen molar-refractivity contribution in [2.75, 3.05) is 23.8 Å². The fourth-order valence-corrected chi connectivity index (χ4v) is 3.35. The van der Waals surface area contributed by atoms with E-state index < -0.39 is 5.82 Å². The molecule has 0 unspecified atom stereocenters. The van der Waals surface area contributed by atoms with Gasteiger partial charge in [-0.15, -0.1) is 10.2 Å². The fraction of sp³-hybridized carbons (Fsp3) is 0.238. The minimum absolute atomic E-state index is 0.0471. The predicted molar refractivity (Wildman–Crippen MR) is 111 cm³/mol. The Morgan fingerprint density at radius 2 is 2.00 bits per heavy atom. The van der Waals surface area contributed by atoms with Gasteiger partial charge in [-0.3, -0.25) is 4.79 Å². The van der Waals surface area contributed by atoms with Gasteiger partial charge in [-0.2, -0.15) is 5.26 Å². The van der Waals surface area contributed by atoms with Gasteiger partial charge in [-0.05, 0) is 31.2 Å². The van der Waals surface area contributed by atoms with Crippen LogP contribution in [0.4, 0.5) is 10.1 Å². The maximum absolute atomic E-state index is 14.1. The van der Waals surface area contributed by atoms with Crippen LogP contribution in [0.25, 0.3) is 11.5 Å². The summed E-state index contributed by atoms with van der Waals surface area (Å²) in [6, 6.07) is 15.2. The molecule has 7 nitrogen and oxygen atoms in total. The van der Waals surface area contributed by atoms with Gasteiger partial charge in [0.25, 0.3) is 11.1 Å². The quantitative estimate of drug-likeness (QED) is 0.471. The van der Waals surface area contributed by atoms with Crippen LogP contribution in [-0.2, 0) is 4.79 Å². The summed E-state index contributed by atoms with van der Waals surface area (Å²) in [4.78, 5) is 14.0. The summed E-state index contributed by atoms with van der Waals surface area (Å²) >= 11 is 1.05. The molecule has 0 bridgehead atoms. The van der Waals surface area contributed by atoms with Crippen molar-refractivity contribution in [1.29, 1.82) is 5.26 Å². The molecule has 0 saturated heterocycles. The minimum Gasteiger partial charge on any atom is -0.493 e. The summed E-state index contributed by atoms with van der Waals surface area (Å²) in [5.74, 6) is -0.0340. The van der Waals surface area contributed by atoms with Crippen LogP contribution in [0, 0.1) is 17.1 Å². The van der Waals surface area contributed by atoms with Crippen LogP contribution in [0.1, 0.15) is 13.3 Å². The Kier molecular flexibility index (Phi) is 7.40. The second-order valence-corrected chi connectivity index (χ2v) is 6.92. The number of carbonyl (C=O) groups is 1. The third-order valence-electron chi connectivity index (χ3n) is 4.03. The lowest BCUT2D eigenvalue weighted by molar-refractivity contribution is -0.116. The topological polar surface area (TPSA) is 92.3 Å². The highest BCUT2D eigenvalue weighted by Crippen LogP contribution is 2.31. The van der Waals surface area contributed by atoms with Crippen LogP contribution < -0.4 is 9.64 Å². The molecule has 0 aliphatic carbocycles. The van der Waals surface area contributed by atoms with Crippen molar-refractivity contribution in [3.8, 4) is 23.3 Å². The first-order valence-corrected chi connectivity index (χ1v) is 10.2. The molecule has 0 aliphatic heterocycles. The Balaban J connectivity index is 1.71. The Labute approximate surface area is 177 Å². The van der Waals surface area contributed by atoms with Crippen LogP contribution >= 0.6 is 11.8 Å². The molecule has 0 atom stereocenters. The second-order valence-electron chi connectivity index (χ2n) is 6.00. The minimum atomic E-state index is -0.526. The number of hydrogen-bond donors (Lipinski definition) is 0. The van der Waals surface area contributed by atoms with E-state index in [0.717, 1.165) is 11.8 Å². The van der Waals surface area contributed by atoms with Crippen LogP contribution in [0.15, 0.2) is 58.2 Å². The van der Waals surface area contributed by atoms with Gasteiger partial charge < -0.3 is 14.1 Å². The zero-order valence-corrected chi connectivity index (χ0v) is 17.1. The number of carbonyl (C=O) groups excluding carboxylic acids is 1. The molecule has 30 heavy (non-hydrogen) atoms. The molecule has 0 radical (unpaired) electrons. The van der Waals surface area contributed by atoms with E-state index in [-0.39, 0.29) is 41.4 Å². The molecule has 9 heteroatoms. The van der Waals surface area contributed by atoms with Crippen molar-refractivity contribution >= 4 is 23.4 Å². The molecule has 0 N–H and O–H groups in total. The average Bonchev–Trinajstić information content (AvgIpc) is 3.23. The van der Waals surface area contributed by atoms with Gasteiger partial charge in [0, 0.05) is 6.54 Å². The molecular formula is C21H19FN4O3S. The summed E-state index contributed by atoms with van der Waals surface area (Å²) in [7, 11) is 0. The van der Waals surface area contributed by atoms with Gasteiger partial charge in [0.2, 0.25) is 5.91 Å². The summed E-state index contributed by atoms with van der Waals surface area (Å²) in [5, 5.41) is 17.1. The Bertz CT molecular complexity index is 1050. The third-order valence-corrected chi connectivity index (χ3v) is 4.84. The highest BCUT2D eigenvalue weighted by Gasteiger charge is 2.20. The van der Waals surface area contributed by atoms with Crippen molar-refractivity contribution in [2.24, 2.45) is 0 Å². The van der Waals surface area contributed by atoms with Gasteiger partial charge in [-0.25, -0.2) is 4.39 Å². The number of thioether (sulfide) groups is 1. The standard InChI is InChI=1S/C21H19FN4O3S/c1-2-28-18-11-6-3-8-15(18)20-24-25-21(29-20)30-14-19(27)26(13-7-12-23)17-10-5-4-9-16(17)22/h3-6,8-11H,2,7,13-14H2,1H3. The van der Waals surface area contributed by atoms with E-state index in [2.05, 4.69) is 10.2 Å². The first-order valence-electron chi connectivity index (χ1n) is 9.24. The Morgan fingerprint density at radius 1 is 1.23 bits per heavy atom. The van der Waals surface area contributed by atoms with E-state index in [1.807, 2.05) is 25.1 Å². The molecule has 0 saturated carbocycles. The molecule has 3 aromatic rings. The van der Waals surface area contributed by atoms with Gasteiger partial charge >= 0.3 is 0 Å². The fourth-order valence-electron chi connectivity index (χ4n) is 2.71. The van der Waals surface area contributed by atoms with Gasteiger partial charge in [-0.1, -0.05) is 36.0 Å². The van der Waals surface area contributed by atoms with Gasteiger partial charge in [0.05, 0.1) is 36.1 Å². The first-order chi connectivity index (χ1) is 14.6. The highest BCUT2D eigenvalue weighted by atomic mass is 32.2. The highest BCUT2D eigenvalue weighted by molar-refractivity contribution is 7.99. The zero-order valence-electron chi connectivity index (χ0n) is 16.2. The molecule has 2 aromatic carbocycles. The lowest BCUT2D eigenvalue weighted by atomic mass is 10.2.